The van der Waals surface area contributed by atoms with Crippen LogP contribution in [0.3, 0.4) is 0 Å². The van der Waals surface area contributed by atoms with Crippen molar-refractivity contribution < 1.29 is 22.8 Å². The molecule has 4 nitrogen and oxygen atoms in total. The molecule has 0 fully saturated rings. The Hall–Kier alpha value is -2.05. The van der Waals surface area contributed by atoms with E-state index in [2.05, 4.69) is 17.6 Å². The van der Waals surface area contributed by atoms with Crippen LogP contribution in [0.5, 0.6) is 0 Å². The number of hydrogen-bond donors (Lipinski definition) is 2. The second-order valence-electron chi connectivity index (χ2n) is 5.66. The van der Waals surface area contributed by atoms with Gasteiger partial charge in [-0.2, -0.15) is 13.2 Å². The van der Waals surface area contributed by atoms with E-state index in [-0.39, 0.29) is 11.6 Å². The van der Waals surface area contributed by atoms with Gasteiger partial charge in [0.15, 0.2) is 0 Å². The Balaban J connectivity index is 2.57. The number of carbonyl (C=O) groups excluding carboxylic acids is 2. The fourth-order valence-corrected chi connectivity index (χ4v) is 2.22. The molecule has 0 radical (unpaired) electrons. The van der Waals surface area contributed by atoms with E-state index >= 15 is 0 Å². The molecule has 7 heteroatoms. The molecule has 1 rings (SSSR count). The molecule has 2 amide bonds. The molecular weight excluding hydrogens is 321 g/mol. The lowest BCUT2D eigenvalue weighted by atomic mass is 9.99. The zero-order chi connectivity index (χ0) is 18.2. The van der Waals surface area contributed by atoms with Gasteiger partial charge in [-0.15, -0.1) is 0 Å². The average molecular weight is 344 g/mol. The van der Waals surface area contributed by atoms with Crippen molar-refractivity contribution in [2.45, 2.75) is 45.7 Å². The molecule has 0 aromatic heterocycles. The highest BCUT2D eigenvalue weighted by Crippen LogP contribution is 2.30. The van der Waals surface area contributed by atoms with Gasteiger partial charge < -0.3 is 10.6 Å². The third-order valence-corrected chi connectivity index (χ3v) is 3.75. The van der Waals surface area contributed by atoms with E-state index in [1.807, 2.05) is 6.92 Å². The quantitative estimate of drug-likeness (QED) is 0.735. The molecule has 24 heavy (non-hydrogen) atoms. The summed E-state index contributed by atoms with van der Waals surface area (Å²) in [7, 11) is 0. The molecule has 0 spiro atoms. The van der Waals surface area contributed by atoms with Crippen LogP contribution in [0.2, 0.25) is 0 Å². The highest BCUT2D eigenvalue weighted by Gasteiger charge is 2.30. The van der Waals surface area contributed by atoms with Gasteiger partial charge in [0.1, 0.15) is 0 Å². The monoisotopic (exact) mass is 344 g/mol. The molecule has 0 aliphatic rings. The Morgan fingerprint density at radius 1 is 1.17 bits per heavy atom. The summed E-state index contributed by atoms with van der Waals surface area (Å²) in [6.45, 7) is 4.47. The van der Waals surface area contributed by atoms with Crippen LogP contribution in [0.25, 0.3) is 0 Å². The van der Waals surface area contributed by atoms with Crippen molar-refractivity contribution in [2.75, 3.05) is 11.9 Å². The Labute approximate surface area is 139 Å². The Morgan fingerprint density at radius 3 is 2.46 bits per heavy atom. The number of rotatable bonds is 7. The van der Waals surface area contributed by atoms with Gasteiger partial charge in [0.25, 0.3) is 0 Å². The van der Waals surface area contributed by atoms with Crippen molar-refractivity contribution in [1.82, 2.24) is 5.32 Å². The molecule has 1 aromatic carbocycles. The first-order valence-corrected chi connectivity index (χ1v) is 8.04. The van der Waals surface area contributed by atoms with E-state index in [9.17, 15) is 22.8 Å². The summed E-state index contributed by atoms with van der Waals surface area (Å²) in [5, 5.41) is 4.72. The van der Waals surface area contributed by atoms with E-state index < -0.39 is 23.6 Å². The molecule has 0 heterocycles. The van der Waals surface area contributed by atoms with Gasteiger partial charge in [0.05, 0.1) is 5.56 Å². The minimum absolute atomic E-state index is 0.0667. The van der Waals surface area contributed by atoms with E-state index in [1.165, 1.54) is 12.1 Å². The van der Waals surface area contributed by atoms with Crippen LogP contribution >= 0.6 is 0 Å². The zero-order valence-corrected chi connectivity index (χ0v) is 13.9. The Morgan fingerprint density at radius 2 is 1.88 bits per heavy atom. The van der Waals surface area contributed by atoms with Gasteiger partial charge in [-0.1, -0.05) is 39.2 Å². The second-order valence-corrected chi connectivity index (χ2v) is 5.66. The van der Waals surface area contributed by atoms with Crippen LogP contribution in [0.4, 0.5) is 18.9 Å². The van der Waals surface area contributed by atoms with Crippen molar-refractivity contribution in [2.24, 2.45) is 5.92 Å². The maximum absolute atomic E-state index is 12.6. The van der Waals surface area contributed by atoms with Crippen molar-refractivity contribution in [3.8, 4) is 0 Å². The summed E-state index contributed by atoms with van der Waals surface area (Å²) in [6, 6.07) is 4.17. The van der Waals surface area contributed by atoms with Crippen LogP contribution in [0.1, 0.15) is 45.1 Å². The first-order chi connectivity index (χ1) is 11.3. The van der Waals surface area contributed by atoms with E-state index in [4.69, 9.17) is 0 Å². The third kappa shape index (κ3) is 6.60. The number of halogens is 3. The van der Waals surface area contributed by atoms with Gasteiger partial charge in [0.2, 0.25) is 0 Å². The predicted octanol–water partition coefficient (Wildman–Crippen LogP) is 3.98. The first-order valence-electron chi connectivity index (χ1n) is 8.04. The molecule has 1 unspecified atom stereocenters. The van der Waals surface area contributed by atoms with Gasteiger partial charge in [-0.3, -0.25) is 9.59 Å². The topological polar surface area (TPSA) is 58.2 Å². The molecule has 2 N–H and O–H groups in total. The average Bonchev–Trinajstić information content (AvgIpc) is 2.54. The molecule has 0 saturated carbocycles. The predicted molar refractivity (Wildman–Crippen MR) is 86.4 cm³/mol. The lowest BCUT2D eigenvalue weighted by Gasteiger charge is -2.15. The van der Waals surface area contributed by atoms with Crippen LogP contribution < -0.4 is 10.6 Å². The van der Waals surface area contributed by atoms with Crippen molar-refractivity contribution >= 4 is 17.5 Å². The van der Waals surface area contributed by atoms with E-state index in [0.717, 1.165) is 37.8 Å². The fourth-order valence-electron chi connectivity index (χ4n) is 2.22. The number of amides is 2. The summed E-state index contributed by atoms with van der Waals surface area (Å²) < 4.78 is 37.9. The van der Waals surface area contributed by atoms with E-state index in [1.54, 1.807) is 0 Å². The minimum Gasteiger partial charge on any atom is -0.348 e. The van der Waals surface area contributed by atoms with Crippen LogP contribution in [-0.2, 0) is 15.8 Å². The normalized spacial score (nSPS) is 12.5. The van der Waals surface area contributed by atoms with Crippen LogP contribution in [0, 0.1) is 5.92 Å². The van der Waals surface area contributed by atoms with E-state index in [0.29, 0.717) is 6.54 Å². The highest BCUT2D eigenvalue weighted by atomic mass is 19.4. The summed E-state index contributed by atoms with van der Waals surface area (Å²) in [6.07, 6.45) is -0.556. The number of benzene rings is 1. The zero-order valence-electron chi connectivity index (χ0n) is 13.9. The smallest absolute Gasteiger partial charge is 0.348 e. The van der Waals surface area contributed by atoms with Gasteiger partial charge >= 0.3 is 18.0 Å². The number of anilines is 1. The second kappa shape index (κ2) is 9.30. The van der Waals surface area contributed by atoms with Crippen LogP contribution in [-0.4, -0.2) is 18.4 Å². The fraction of sp³-hybridized carbons (Fsp3) is 0.529. The summed E-state index contributed by atoms with van der Waals surface area (Å²) >= 11 is 0. The lowest BCUT2D eigenvalue weighted by molar-refractivity contribution is -0.137. The minimum atomic E-state index is -4.50. The highest BCUT2D eigenvalue weighted by molar-refractivity contribution is 6.39. The van der Waals surface area contributed by atoms with Crippen molar-refractivity contribution in [1.29, 1.82) is 0 Å². The molecule has 134 valence electrons. The number of alkyl halides is 3. The van der Waals surface area contributed by atoms with Crippen molar-refractivity contribution in [3.63, 3.8) is 0 Å². The molecule has 1 atom stereocenters. The molecule has 0 aliphatic heterocycles. The number of hydrogen-bond acceptors (Lipinski definition) is 2. The molecule has 0 bridgehead atoms. The molecule has 0 saturated heterocycles. The standard InChI is InChI=1S/C17H23F3N2O2/c1-3-5-7-12(4-2)11-21-15(23)16(24)22-14-9-6-8-13(10-14)17(18,19)20/h6,8-10,12H,3-5,7,11H2,1-2H3,(H,21,23)(H,22,24). The summed E-state index contributed by atoms with van der Waals surface area (Å²) in [5.41, 5.74) is -0.950. The molecule has 1 aromatic rings. The SMILES string of the molecule is CCCCC(CC)CNC(=O)C(=O)Nc1cccc(C(F)(F)F)c1. The van der Waals surface area contributed by atoms with Gasteiger partial charge in [0, 0.05) is 12.2 Å². The number of unbranched alkanes of at least 4 members (excludes halogenated alkanes) is 1. The summed E-state index contributed by atoms with van der Waals surface area (Å²) in [4.78, 5) is 23.6. The maximum atomic E-state index is 12.6. The molecular formula is C17H23F3N2O2. The van der Waals surface area contributed by atoms with Crippen LogP contribution in [0.15, 0.2) is 24.3 Å². The molecule has 0 aliphatic carbocycles. The summed E-state index contributed by atoms with van der Waals surface area (Å²) in [5.74, 6) is -1.53. The maximum Gasteiger partial charge on any atom is 0.416 e. The largest absolute Gasteiger partial charge is 0.416 e. The Bertz CT molecular complexity index is 559. The van der Waals surface area contributed by atoms with Crippen molar-refractivity contribution in [3.05, 3.63) is 29.8 Å². The lowest BCUT2D eigenvalue weighted by Crippen LogP contribution is -2.38. The van der Waals surface area contributed by atoms with Gasteiger partial charge in [-0.25, -0.2) is 0 Å². The third-order valence-electron chi connectivity index (χ3n) is 3.75. The number of carbonyl (C=O) groups is 2. The first kappa shape index (κ1) is 20.0. The Kier molecular flexibility index (Phi) is 7.74. The van der Waals surface area contributed by atoms with Gasteiger partial charge in [-0.05, 0) is 30.5 Å². The number of nitrogens with one attached hydrogen (secondary N) is 2.